The lowest BCUT2D eigenvalue weighted by Crippen LogP contribution is -2.44. The van der Waals surface area contributed by atoms with E-state index in [4.69, 9.17) is 14.2 Å². The fourth-order valence-electron chi connectivity index (χ4n) is 3.90. The van der Waals surface area contributed by atoms with Crippen molar-refractivity contribution in [2.75, 3.05) is 33.4 Å². The minimum Gasteiger partial charge on any atom is -0.481 e. The van der Waals surface area contributed by atoms with Crippen LogP contribution in [0.2, 0.25) is 0 Å². The Labute approximate surface area is 144 Å². The van der Waals surface area contributed by atoms with Crippen molar-refractivity contribution in [1.82, 2.24) is 9.88 Å². The molecule has 1 spiro atoms. The Hall–Kier alpha value is -1.17. The molecule has 3 fully saturated rings. The molecule has 1 aromatic rings. The van der Waals surface area contributed by atoms with Crippen LogP contribution in [0.15, 0.2) is 18.3 Å². The monoisotopic (exact) mass is 332 g/mol. The number of aromatic nitrogens is 1. The van der Waals surface area contributed by atoms with Crippen LogP contribution < -0.4 is 4.74 Å². The Morgan fingerprint density at radius 3 is 2.92 bits per heavy atom. The van der Waals surface area contributed by atoms with Gasteiger partial charge in [0.25, 0.3) is 0 Å². The molecule has 1 aromatic heterocycles. The first-order valence-electron chi connectivity index (χ1n) is 9.22. The number of nitrogens with zero attached hydrogens (tertiary/aromatic N) is 2. The van der Waals surface area contributed by atoms with Gasteiger partial charge in [-0.05, 0) is 37.7 Å². The number of piperidine rings is 1. The standard InChI is InChI=1S/C19H28N2O3/c1-22-18-16(3-2-8-20-18)12-21-9-6-19(7-10-21)11-17(14-24-19)23-13-15-4-5-15/h2-3,8,15,17H,4-7,9-14H2,1H3/t17-/m0/s1. The molecule has 3 heterocycles. The number of ether oxygens (including phenoxy) is 3. The molecule has 24 heavy (non-hydrogen) atoms. The molecule has 0 bridgehead atoms. The van der Waals surface area contributed by atoms with Gasteiger partial charge in [0.2, 0.25) is 5.88 Å². The molecular formula is C19H28N2O3. The number of hydrogen-bond acceptors (Lipinski definition) is 5. The molecular weight excluding hydrogens is 304 g/mol. The molecule has 4 rings (SSSR count). The average molecular weight is 332 g/mol. The summed E-state index contributed by atoms with van der Waals surface area (Å²) < 4.78 is 17.6. The van der Waals surface area contributed by atoms with Crippen molar-refractivity contribution in [3.8, 4) is 5.88 Å². The second-order valence-corrected chi connectivity index (χ2v) is 7.54. The van der Waals surface area contributed by atoms with Gasteiger partial charge in [0.1, 0.15) is 0 Å². The Morgan fingerprint density at radius 1 is 1.33 bits per heavy atom. The van der Waals surface area contributed by atoms with Crippen LogP contribution in [0.3, 0.4) is 0 Å². The van der Waals surface area contributed by atoms with Crippen LogP contribution in [0, 0.1) is 5.92 Å². The SMILES string of the molecule is COc1ncccc1CN1CCC2(CC1)C[C@H](OCC1CC1)CO2. The molecule has 0 unspecified atom stereocenters. The molecule has 132 valence electrons. The highest BCUT2D eigenvalue weighted by Crippen LogP contribution is 2.38. The highest BCUT2D eigenvalue weighted by atomic mass is 16.6. The Bertz CT molecular complexity index is 553. The van der Waals surface area contributed by atoms with Crippen molar-refractivity contribution in [2.45, 2.75) is 50.4 Å². The molecule has 1 atom stereocenters. The van der Waals surface area contributed by atoms with Gasteiger partial charge in [-0.3, -0.25) is 4.90 Å². The van der Waals surface area contributed by atoms with Gasteiger partial charge in [-0.2, -0.15) is 0 Å². The molecule has 5 nitrogen and oxygen atoms in total. The summed E-state index contributed by atoms with van der Waals surface area (Å²) in [6, 6.07) is 4.08. The maximum atomic E-state index is 6.20. The van der Waals surface area contributed by atoms with Gasteiger partial charge >= 0.3 is 0 Å². The van der Waals surface area contributed by atoms with Crippen LogP contribution in [-0.4, -0.2) is 55.0 Å². The Morgan fingerprint density at radius 2 is 2.17 bits per heavy atom. The minimum atomic E-state index is 0.0593. The third-order valence-corrected chi connectivity index (χ3v) is 5.64. The molecule has 0 N–H and O–H groups in total. The van der Waals surface area contributed by atoms with Crippen LogP contribution >= 0.6 is 0 Å². The lowest BCUT2D eigenvalue weighted by Gasteiger charge is -2.38. The predicted octanol–water partition coefficient (Wildman–Crippen LogP) is 2.64. The van der Waals surface area contributed by atoms with E-state index in [2.05, 4.69) is 16.0 Å². The summed E-state index contributed by atoms with van der Waals surface area (Å²) in [4.78, 5) is 6.77. The van der Waals surface area contributed by atoms with Gasteiger partial charge < -0.3 is 14.2 Å². The zero-order valence-corrected chi connectivity index (χ0v) is 14.6. The number of rotatable bonds is 6. The predicted molar refractivity (Wildman–Crippen MR) is 91.1 cm³/mol. The first kappa shape index (κ1) is 16.3. The van der Waals surface area contributed by atoms with E-state index in [1.807, 2.05) is 6.07 Å². The lowest BCUT2D eigenvalue weighted by molar-refractivity contribution is -0.0467. The van der Waals surface area contributed by atoms with Crippen LogP contribution in [0.25, 0.3) is 0 Å². The molecule has 5 heteroatoms. The van der Waals surface area contributed by atoms with E-state index in [9.17, 15) is 0 Å². The summed E-state index contributed by atoms with van der Waals surface area (Å²) in [7, 11) is 1.69. The largest absolute Gasteiger partial charge is 0.481 e. The van der Waals surface area contributed by atoms with E-state index >= 15 is 0 Å². The molecule has 2 aliphatic heterocycles. The number of likely N-dealkylation sites (tertiary alicyclic amines) is 1. The Kier molecular flexibility index (Phi) is 4.74. The summed E-state index contributed by atoms with van der Waals surface area (Å²) in [6.07, 6.45) is 8.07. The topological polar surface area (TPSA) is 43.8 Å². The summed E-state index contributed by atoms with van der Waals surface area (Å²) in [5.74, 6) is 1.57. The van der Waals surface area contributed by atoms with E-state index in [0.717, 1.165) is 69.5 Å². The van der Waals surface area contributed by atoms with Gasteiger partial charge in [0.05, 0.1) is 25.4 Å². The van der Waals surface area contributed by atoms with Crippen molar-refractivity contribution in [3.63, 3.8) is 0 Å². The highest BCUT2D eigenvalue weighted by Gasteiger charge is 2.43. The van der Waals surface area contributed by atoms with Gasteiger partial charge in [0, 0.05) is 44.4 Å². The zero-order chi connectivity index (χ0) is 16.4. The summed E-state index contributed by atoms with van der Waals surface area (Å²) in [6.45, 7) is 4.75. The molecule has 0 aromatic carbocycles. The van der Waals surface area contributed by atoms with Crippen molar-refractivity contribution < 1.29 is 14.2 Å². The molecule has 0 radical (unpaired) electrons. The van der Waals surface area contributed by atoms with Gasteiger partial charge in [0.15, 0.2) is 0 Å². The smallest absolute Gasteiger partial charge is 0.217 e. The minimum absolute atomic E-state index is 0.0593. The highest BCUT2D eigenvalue weighted by molar-refractivity contribution is 5.25. The second kappa shape index (κ2) is 6.98. The van der Waals surface area contributed by atoms with E-state index in [1.54, 1.807) is 13.3 Å². The summed E-state index contributed by atoms with van der Waals surface area (Å²) in [5.41, 5.74) is 1.22. The number of methoxy groups -OCH3 is 1. The quantitative estimate of drug-likeness (QED) is 0.801. The van der Waals surface area contributed by atoms with Crippen LogP contribution in [-0.2, 0) is 16.0 Å². The van der Waals surface area contributed by atoms with Gasteiger partial charge in [-0.25, -0.2) is 4.98 Å². The molecule has 2 saturated heterocycles. The average Bonchev–Trinajstić information content (AvgIpc) is 3.37. The van der Waals surface area contributed by atoms with Crippen LogP contribution in [0.4, 0.5) is 0 Å². The third kappa shape index (κ3) is 3.73. The van der Waals surface area contributed by atoms with E-state index < -0.39 is 0 Å². The number of hydrogen-bond donors (Lipinski definition) is 0. The van der Waals surface area contributed by atoms with Crippen molar-refractivity contribution in [2.24, 2.45) is 5.92 Å². The van der Waals surface area contributed by atoms with E-state index in [0.29, 0.717) is 6.10 Å². The summed E-state index contributed by atoms with van der Waals surface area (Å²) >= 11 is 0. The normalized spacial score (nSPS) is 26.8. The maximum Gasteiger partial charge on any atom is 0.217 e. The fourth-order valence-corrected chi connectivity index (χ4v) is 3.90. The Balaban J connectivity index is 1.27. The van der Waals surface area contributed by atoms with E-state index in [1.165, 1.54) is 12.8 Å². The van der Waals surface area contributed by atoms with Gasteiger partial charge in [-0.15, -0.1) is 0 Å². The van der Waals surface area contributed by atoms with Crippen molar-refractivity contribution >= 4 is 0 Å². The molecule has 3 aliphatic rings. The number of pyridine rings is 1. The van der Waals surface area contributed by atoms with Crippen molar-refractivity contribution in [1.29, 1.82) is 0 Å². The molecule has 1 saturated carbocycles. The molecule has 0 amide bonds. The summed E-state index contributed by atoms with van der Waals surface area (Å²) in [5, 5.41) is 0. The van der Waals surface area contributed by atoms with E-state index in [-0.39, 0.29) is 5.60 Å². The third-order valence-electron chi connectivity index (χ3n) is 5.64. The first-order valence-corrected chi connectivity index (χ1v) is 9.22. The van der Waals surface area contributed by atoms with Crippen LogP contribution in [0.1, 0.15) is 37.7 Å². The van der Waals surface area contributed by atoms with Gasteiger partial charge in [-0.1, -0.05) is 6.07 Å². The zero-order valence-electron chi connectivity index (χ0n) is 14.6. The molecule has 1 aliphatic carbocycles. The lowest BCUT2D eigenvalue weighted by atomic mass is 9.88. The van der Waals surface area contributed by atoms with Crippen LogP contribution in [0.5, 0.6) is 5.88 Å². The fraction of sp³-hybridized carbons (Fsp3) is 0.737. The van der Waals surface area contributed by atoms with Crippen molar-refractivity contribution in [3.05, 3.63) is 23.9 Å². The first-order chi connectivity index (χ1) is 11.8. The second-order valence-electron chi connectivity index (χ2n) is 7.54. The maximum absolute atomic E-state index is 6.20.